The van der Waals surface area contributed by atoms with Gasteiger partial charge in [-0.25, -0.2) is 0 Å². The first-order valence-electron chi connectivity index (χ1n) is 6.13. The first kappa shape index (κ1) is 13.6. The van der Waals surface area contributed by atoms with E-state index in [0.29, 0.717) is 4.75 Å². The van der Waals surface area contributed by atoms with Gasteiger partial charge in [-0.2, -0.15) is 17.0 Å². The minimum Gasteiger partial charge on any atom is -0.383 e. The van der Waals surface area contributed by atoms with Gasteiger partial charge < -0.3 is 5.32 Å². The Hall–Kier alpha value is -0.790. The molecule has 1 aliphatic heterocycles. The summed E-state index contributed by atoms with van der Waals surface area (Å²) in [5.74, 6) is 1.26. The third-order valence-electron chi connectivity index (χ3n) is 3.31. The van der Waals surface area contributed by atoms with Crippen molar-refractivity contribution >= 4 is 29.2 Å². The molecule has 0 radical (unpaired) electrons. The van der Waals surface area contributed by atoms with Crippen LogP contribution in [0.4, 0.5) is 5.69 Å². The Bertz CT molecular complexity index is 459. The molecule has 4 heteroatoms. The summed E-state index contributed by atoms with van der Waals surface area (Å²) in [6.45, 7) is 3.24. The van der Waals surface area contributed by atoms with E-state index in [1.54, 1.807) is 11.8 Å². The Morgan fingerprint density at radius 3 is 3.00 bits per heavy atom. The van der Waals surface area contributed by atoms with Gasteiger partial charge in [0.15, 0.2) is 0 Å². The molecule has 1 fully saturated rings. The molecule has 0 aromatic heterocycles. The number of nitrogens with zero attached hydrogens (tertiary/aromatic N) is 1. The maximum atomic E-state index is 9.28. The normalized spacial score (nSPS) is 22.7. The number of thioether (sulfide) groups is 2. The largest absolute Gasteiger partial charge is 0.383 e. The van der Waals surface area contributed by atoms with Crippen LogP contribution in [0.25, 0.3) is 0 Å². The minimum atomic E-state index is 0.322. The predicted octanol–water partition coefficient (Wildman–Crippen LogP) is 3.98. The molecule has 0 bridgehead atoms. The summed E-state index contributed by atoms with van der Waals surface area (Å²) < 4.78 is 0.322. The summed E-state index contributed by atoms with van der Waals surface area (Å²) >= 11 is 3.66. The number of benzene rings is 1. The van der Waals surface area contributed by atoms with Crippen LogP contribution in [-0.2, 0) is 0 Å². The number of nitrogens with one attached hydrogen (secondary N) is 1. The summed E-state index contributed by atoms with van der Waals surface area (Å²) in [6, 6.07) is 8.33. The van der Waals surface area contributed by atoms with Crippen molar-refractivity contribution in [3.8, 4) is 6.07 Å². The lowest BCUT2D eigenvalue weighted by atomic mass is 10.1. The Balaban J connectivity index is 2.12. The predicted molar refractivity (Wildman–Crippen MR) is 81.5 cm³/mol. The molecule has 0 saturated carbocycles. The van der Waals surface area contributed by atoms with Gasteiger partial charge in [-0.1, -0.05) is 6.07 Å². The van der Waals surface area contributed by atoms with E-state index in [0.717, 1.165) is 22.7 Å². The van der Waals surface area contributed by atoms with E-state index in [2.05, 4.69) is 18.3 Å². The van der Waals surface area contributed by atoms with Gasteiger partial charge in [0.05, 0.1) is 11.3 Å². The van der Waals surface area contributed by atoms with E-state index in [1.807, 2.05) is 36.2 Å². The molecule has 0 spiro atoms. The molecule has 2 rings (SSSR count). The number of hydrogen-bond donors (Lipinski definition) is 1. The maximum Gasteiger partial charge on any atom is 0.102 e. The second-order valence-corrected chi connectivity index (χ2v) is 7.28. The lowest BCUT2D eigenvalue weighted by Gasteiger charge is -2.24. The number of anilines is 1. The van der Waals surface area contributed by atoms with Crippen LogP contribution in [0, 0.1) is 11.3 Å². The molecule has 0 amide bonds. The highest BCUT2D eigenvalue weighted by atomic mass is 32.2. The Kier molecular flexibility index (Phi) is 4.47. The van der Waals surface area contributed by atoms with Crippen LogP contribution in [0.5, 0.6) is 0 Å². The molecule has 1 unspecified atom stereocenters. The summed E-state index contributed by atoms with van der Waals surface area (Å²) in [5.41, 5.74) is 1.75. The van der Waals surface area contributed by atoms with Crippen LogP contribution in [-0.4, -0.2) is 23.3 Å². The molecular formula is C14H18N2S2. The van der Waals surface area contributed by atoms with Gasteiger partial charge >= 0.3 is 0 Å². The van der Waals surface area contributed by atoms with Crippen LogP contribution in [0.3, 0.4) is 0 Å². The summed E-state index contributed by atoms with van der Waals surface area (Å²) in [7, 11) is 0. The average molecular weight is 278 g/mol. The van der Waals surface area contributed by atoms with E-state index in [4.69, 9.17) is 0 Å². The van der Waals surface area contributed by atoms with Gasteiger partial charge in [-0.05, 0) is 43.9 Å². The molecule has 1 N–H and O–H groups in total. The molecule has 1 heterocycles. The molecule has 1 aromatic carbocycles. The Labute approximate surface area is 118 Å². The quantitative estimate of drug-likeness (QED) is 0.845. The van der Waals surface area contributed by atoms with Gasteiger partial charge in [0.1, 0.15) is 6.07 Å². The standard InChI is InChI=1S/C14H18N2S2/c1-14(7-4-8-18-14)10-16-12-5-3-6-13(17-2)11(12)9-15/h3,5-6,16H,4,7-8,10H2,1-2H3. The smallest absolute Gasteiger partial charge is 0.102 e. The molecule has 96 valence electrons. The summed E-state index contributed by atoms with van der Waals surface area (Å²) in [4.78, 5) is 1.05. The van der Waals surface area contributed by atoms with Crippen LogP contribution in [0.15, 0.2) is 23.1 Å². The van der Waals surface area contributed by atoms with E-state index in [1.165, 1.54) is 18.6 Å². The SMILES string of the molecule is CSc1cccc(NCC2(C)CCCS2)c1C#N. The molecule has 0 aliphatic carbocycles. The lowest BCUT2D eigenvalue weighted by Crippen LogP contribution is -2.27. The Morgan fingerprint density at radius 1 is 1.56 bits per heavy atom. The van der Waals surface area contributed by atoms with Crippen molar-refractivity contribution in [3.63, 3.8) is 0 Å². The molecule has 1 atom stereocenters. The highest BCUT2D eigenvalue weighted by molar-refractivity contribution is 8.00. The average Bonchev–Trinajstić information content (AvgIpc) is 2.83. The zero-order valence-electron chi connectivity index (χ0n) is 10.8. The monoisotopic (exact) mass is 278 g/mol. The fourth-order valence-electron chi connectivity index (χ4n) is 2.22. The van der Waals surface area contributed by atoms with Gasteiger partial charge in [-0.3, -0.25) is 0 Å². The second kappa shape index (κ2) is 5.90. The van der Waals surface area contributed by atoms with Crippen molar-refractivity contribution in [2.45, 2.75) is 29.4 Å². The van der Waals surface area contributed by atoms with Crippen LogP contribution < -0.4 is 5.32 Å². The van der Waals surface area contributed by atoms with Crippen LogP contribution in [0.2, 0.25) is 0 Å². The van der Waals surface area contributed by atoms with E-state index in [9.17, 15) is 5.26 Å². The fraction of sp³-hybridized carbons (Fsp3) is 0.500. The van der Waals surface area contributed by atoms with E-state index >= 15 is 0 Å². The lowest BCUT2D eigenvalue weighted by molar-refractivity contribution is 0.634. The van der Waals surface area contributed by atoms with Gasteiger partial charge in [0.25, 0.3) is 0 Å². The molecule has 18 heavy (non-hydrogen) atoms. The van der Waals surface area contributed by atoms with Gasteiger partial charge in [-0.15, -0.1) is 11.8 Å². The third-order valence-corrected chi connectivity index (χ3v) is 5.63. The van der Waals surface area contributed by atoms with Crippen molar-refractivity contribution in [3.05, 3.63) is 23.8 Å². The van der Waals surface area contributed by atoms with Crippen molar-refractivity contribution in [2.75, 3.05) is 23.9 Å². The van der Waals surface area contributed by atoms with Crippen molar-refractivity contribution in [2.24, 2.45) is 0 Å². The zero-order chi connectivity index (χ0) is 13.0. The molecular weight excluding hydrogens is 260 g/mol. The first-order valence-corrected chi connectivity index (χ1v) is 8.34. The summed E-state index contributed by atoms with van der Waals surface area (Å²) in [5, 5.41) is 12.7. The first-order chi connectivity index (χ1) is 8.68. The fourth-order valence-corrected chi connectivity index (χ4v) is 4.04. The molecule has 2 nitrogen and oxygen atoms in total. The van der Waals surface area contributed by atoms with Gasteiger partial charge in [0, 0.05) is 16.2 Å². The number of hydrogen-bond acceptors (Lipinski definition) is 4. The topological polar surface area (TPSA) is 35.8 Å². The maximum absolute atomic E-state index is 9.28. The van der Waals surface area contributed by atoms with Gasteiger partial charge in [0.2, 0.25) is 0 Å². The second-order valence-electron chi connectivity index (χ2n) is 4.75. The third kappa shape index (κ3) is 2.96. The minimum absolute atomic E-state index is 0.322. The molecule has 1 saturated heterocycles. The Morgan fingerprint density at radius 2 is 2.39 bits per heavy atom. The van der Waals surface area contributed by atoms with Crippen molar-refractivity contribution < 1.29 is 0 Å². The van der Waals surface area contributed by atoms with E-state index in [-0.39, 0.29) is 0 Å². The summed E-state index contributed by atoms with van der Waals surface area (Å²) in [6.07, 6.45) is 4.57. The molecule has 1 aliphatic rings. The number of nitriles is 1. The zero-order valence-corrected chi connectivity index (χ0v) is 12.5. The highest BCUT2D eigenvalue weighted by Crippen LogP contribution is 2.38. The highest BCUT2D eigenvalue weighted by Gasteiger charge is 2.29. The number of rotatable bonds is 4. The van der Waals surface area contributed by atoms with Crippen molar-refractivity contribution in [1.29, 1.82) is 5.26 Å². The van der Waals surface area contributed by atoms with Crippen molar-refractivity contribution in [1.82, 2.24) is 0 Å². The molecule has 1 aromatic rings. The van der Waals surface area contributed by atoms with Crippen LogP contribution in [0.1, 0.15) is 25.3 Å². The van der Waals surface area contributed by atoms with Crippen LogP contribution >= 0.6 is 23.5 Å². The van der Waals surface area contributed by atoms with E-state index < -0.39 is 0 Å².